The van der Waals surface area contributed by atoms with Gasteiger partial charge in [-0.15, -0.1) is 0 Å². The molecule has 1 unspecified atom stereocenters. The molecule has 0 fully saturated rings. The third-order valence-electron chi connectivity index (χ3n) is 2.86. The number of nitrogens with one attached hydrogen (secondary N) is 1. The number of non-ortho nitro benzene ring substituents is 1. The van der Waals surface area contributed by atoms with Crippen LogP contribution in [0.4, 0.5) is 11.4 Å². The lowest BCUT2D eigenvalue weighted by atomic mass is 10.1. The molecule has 0 bridgehead atoms. The first-order valence-electron chi connectivity index (χ1n) is 5.97. The first-order chi connectivity index (χ1) is 9.49. The second kappa shape index (κ2) is 5.96. The van der Waals surface area contributed by atoms with Crippen LogP contribution in [0, 0.1) is 17.0 Å². The minimum absolute atomic E-state index is 0.0405. The molecular weight excluding hydrogens is 324 g/mol. The lowest BCUT2D eigenvalue weighted by molar-refractivity contribution is -0.384. The fourth-order valence-electron chi connectivity index (χ4n) is 1.88. The number of rotatable bonds is 4. The number of anilines is 1. The van der Waals surface area contributed by atoms with Crippen molar-refractivity contribution in [1.29, 1.82) is 0 Å². The summed E-state index contributed by atoms with van der Waals surface area (Å²) in [7, 11) is 0. The topological polar surface area (TPSA) is 81.0 Å². The highest BCUT2D eigenvalue weighted by Gasteiger charge is 2.14. The molecule has 7 heteroatoms. The van der Waals surface area contributed by atoms with Crippen molar-refractivity contribution in [2.75, 3.05) is 5.32 Å². The highest BCUT2D eigenvalue weighted by molar-refractivity contribution is 9.10. The molecule has 6 nitrogen and oxygen atoms in total. The molecule has 0 amide bonds. The Labute approximate surface area is 124 Å². The molecule has 0 radical (unpaired) electrons. The summed E-state index contributed by atoms with van der Waals surface area (Å²) in [6, 6.07) is 4.48. The van der Waals surface area contributed by atoms with Gasteiger partial charge < -0.3 is 5.32 Å². The van der Waals surface area contributed by atoms with Crippen molar-refractivity contribution in [1.82, 2.24) is 9.97 Å². The highest BCUT2D eigenvalue weighted by atomic mass is 79.9. The summed E-state index contributed by atoms with van der Waals surface area (Å²) in [6.07, 6.45) is 3.26. The van der Waals surface area contributed by atoms with Crippen molar-refractivity contribution < 1.29 is 4.92 Å². The second-order valence-corrected chi connectivity index (χ2v) is 5.17. The van der Waals surface area contributed by atoms with Crippen LogP contribution in [0.1, 0.15) is 24.4 Å². The summed E-state index contributed by atoms with van der Waals surface area (Å²) in [5.74, 6) is 0. The number of aromatic nitrogens is 2. The number of hydrogen-bond acceptors (Lipinski definition) is 5. The van der Waals surface area contributed by atoms with Crippen LogP contribution in [0.25, 0.3) is 0 Å². The van der Waals surface area contributed by atoms with Gasteiger partial charge in [0.25, 0.3) is 5.69 Å². The van der Waals surface area contributed by atoms with Crippen molar-refractivity contribution in [3.05, 3.63) is 56.6 Å². The maximum atomic E-state index is 10.8. The van der Waals surface area contributed by atoms with E-state index in [-0.39, 0.29) is 11.7 Å². The Morgan fingerprint density at radius 1 is 1.35 bits per heavy atom. The molecule has 2 rings (SSSR count). The zero-order valence-electron chi connectivity index (χ0n) is 11.0. The van der Waals surface area contributed by atoms with Gasteiger partial charge in [0.05, 0.1) is 28.0 Å². The summed E-state index contributed by atoms with van der Waals surface area (Å²) >= 11 is 3.38. The van der Waals surface area contributed by atoms with Gasteiger partial charge >= 0.3 is 0 Å². The molecule has 0 spiro atoms. The van der Waals surface area contributed by atoms with Gasteiger partial charge in [0.1, 0.15) is 0 Å². The average Bonchev–Trinajstić information content (AvgIpc) is 2.41. The molecule has 0 aliphatic carbocycles. The van der Waals surface area contributed by atoms with Gasteiger partial charge in [0.2, 0.25) is 0 Å². The summed E-state index contributed by atoms with van der Waals surface area (Å²) in [5, 5.41) is 14.0. The van der Waals surface area contributed by atoms with Crippen molar-refractivity contribution >= 4 is 27.3 Å². The van der Waals surface area contributed by atoms with Crippen LogP contribution in [-0.2, 0) is 0 Å². The smallest absolute Gasteiger partial charge is 0.271 e. The molecule has 1 N–H and O–H groups in total. The third-order valence-corrected chi connectivity index (χ3v) is 3.55. The van der Waals surface area contributed by atoms with E-state index in [2.05, 4.69) is 31.2 Å². The quantitative estimate of drug-likeness (QED) is 0.681. The Hall–Kier alpha value is -2.02. The molecule has 2 aromatic rings. The molecule has 20 heavy (non-hydrogen) atoms. The van der Waals surface area contributed by atoms with Crippen LogP contribution < -0.4 is 5.32 Å². The molecular formula is C13H13BrN4O2. The fraction of sp³-hybridized carbons (Fsp3) is 0.231. The second-order valence-electron chi connectivity index (χ2n) is 4.31. The Bertz CT molecular complexity index is 648. The third kappa shape index (κ3) is 3.11. The van der Waals surface area contributed by atoms with Gasteiger partial charge in [-0.25, -0.2) is 0 Å². The van der Waals surface area contributed by atoms with E-state index in [1.165, 1.54) is 12.1 Å². The first kappa shape index (κ1) is 14.4. The van der Waals surface area contributed by atoms with Gasteiger partial charge in [-0.2, -0.15) is 0 Å². The van der Waals surface area contributed by atoms with Crippen LogP contribution in [0.2, 0.25) is 0 Å². The van der Waals surface area contributed by atoms with E-state index >= 15 is 0 Å². The van der Waals surface area contributed by atoms with Gasteiger partial charge in [-0.1, -0.05) is 0 Å². The SMILES string of the molecule is Cc1nccnc1C(C)Nc1cc([N+](=O)[O-])ccc1Br. The fourth-order valence-corrected chi connectivity index (χ4v) is 2.24. The Kier molecular flexibility index (Phi) is 4.29. The number of aryl methyl sites for hydroxylation is 1. The van der Waals surface area contributed by atoms with Crippen LogP contribution in [0.15, 0.2) is 35.1 Å². The largest absolute Gasteiger partial charge is 0.376 e. The van der Waals surface area contributed by atoms with E-state index in [4.69, 9.17) is 0 Å². The van der Waals surface area contributed by atoms with Crippen molar-refractivity contribution in [3.8, 4) is 0 Å². The number of benzene rings is 1. The van der Waals surface area contributed by atoms with Gasteiger partial charge in [-0.3, -0.25) is 20.1 Å². The van der Waals surface area contributed by atoms with E-state index in [9.17, 15) is 10.1 Å². The van der Waals surface area contributed by atoms with Crippen LogP contribution in [-0.4, -0.2) is 14.9 Å². The lowest BCUT2D eigenvalue weighted by Crippen LogP contribution is -2.11. The summed E-state index contributed by atoms with van der Waals surface area (Å²) in [4.78, 5) is 18.9. The van der Waals surface area contributed by atoms with Gasteiger partial charge in [-0.05, 0) is 35.8 Å². The summed E-state index contributed by atoms with van der Waals surface area (Å²) in [6.45, 7) is 3.81. The maximum absolute atomic E-state index is 10.8. The minimum Gasteiger partial charge on any atom is -0.376 e. The summed E-state index contributed by atoms with van der Waals surface area (Å²) in [5.41, 5.74) is 2.33. The lowest BCUT2D eigenvalue weighted by Gasteiger charge is -2.17. The predicted octanol–water partition coefficient (Wildman–Crippen LogP) is 3.63. The predicted molar refractivity (Wildman–Crippen MR) is 79.6 cm³/mol. The number of nitro benzene ring substituents is 1. The zero-order chi connectivity index (χ0) is 14.7. The van der Waals surface area contributed by atoms with Crippen molar-refractivity contribution in [2.24, 2.45) is 0 Å². The van der Waals surface area contributed by atoms with Crippen LogP contribution in [0.3, 0.4) is 0 Å². The van der Waals surface area contributed by atoms with E-state index in [0.717, 1.165) is 15.9 Å². The molecule has 0 saturated heterocycles. The molecule has 0 aliphatic rings. The number of hydrogen-bond donors (Lipinski definition) is 1. The molecule has 1 heterocycles. The zero-order valence-corrected chi connectivity index (χ0v) is 12.6. The van der Waals surface area contributed by atoms with Crippen molar-refractivity contribution in [3.63, 3.8) is 0 Å². The number of halogens is 1. The Balaban J connectivity index is 2.28. The van der Waals surface area contributed by atoms with Gasteiger partial charge in [0, 0.05) is 29.0 Å². The standard InChI is InChI=1S/C13H13BrN4O2/c1-8-13(16-6-5-15-8)9(2)17-12-7-10(18(19)20)3-4-11(12)14/h3-7,9,17H,1-2H3. The van der Waals surface area contributed by atoms with Crippen LogP contribution >= 0.6 is 15.9 Å². The average molecular weight is 337 g/mol. The van der Waals surface area contributed by atoms with Crippen LogP contribution in [0.5, 0.6) is 0 Å². The molecule has 1 aromatic heterocycles. The summed E-state index contributed by atoms with van der Waals surface area (Å²) < 4.78 is 0.761. The minimum atomic E-state index is -0.421. The van der Waals surface area contributed by atoms with Gasteiger partial charge in [0.15, 0.2) is 0 Å². The first-order valence-corrected chi connectivity index (χ1v) is 6.76. The van der Waals surface area contributed by atoms with E-state index < -0.39 is 4.92 Å². The number of nitrogens with zero attached hydrogens (tertiary/aromatic N) is 3. The normalized spacial score (nSPS) is 11.9. The van der Waals surface area contributed by atoms with E-state index in [1.54, 1.807) is 18.5 Å². The van der Waals surface area contributed by atoms with Crippen molar-refractivity contribution in [2.45, 2.75) is 19.9 Å². The molecule has 1 aromatic carbocycles. The highest BCUT2D eigenvalue weighted by Crippen LogP contribution is 2.30. The maximum Gasteiger partial charge on any atom is 0.271 e. The molecule has 0 saturated carbocycles. The Morgan fingerprint density at radius 2 is 2.05 bits per heavy atom. The number of nitro groups is 1. The Morgan fingerprint density at radius 3 is 2.70 bits per heavy atom. The monoisotopic (exact) mass is 336 g/mol. The molecule has 104 valence electrons. The molecule has 0 aliphatic heterocycles. The van der Waals surface area contributed by atoms with E-state index in [1.807, 2.05) is 13.8 Å². The van der Waals surface area contributed by atoms with E-state index in [0.29, 0.717) is 5.69 Å². The molecule has 1 atom stereocenters.